The van der Waals surface area contributed by atoms with Gasteiger partial charge in [0, 0.05) is 5.92 Å². The molecule has 1 saturated carbocycles. The summed E-state index contributed by atoms with van der Waals surface area (Å²) in [6.45, 7) is 4.20. The van der Waals surface area contributed by atoms with Crippen LogP contribution in [0.4, 0.5) is 0 Å². The van der Waals surface area contributed by atoms with E-state index in [4.69, 9.17) is 0 Å². The number of hydrogen-bond donors (Lipinski definition) is 1. The van der Waals surface area contributed by atoms with Crippen molar-refractivity contribution in [1.29, 1.82) is 0 Å². The van der Waals surface area contributed by atoms with Crippen molar-refractivity contribution in [2.45, 2.75) is 64.9 Å². The van der Waals surface area contributed by atoms with Gasteiger partial charge in [-0.2, -0.15) is 0 Å². The molecule has 1 fully saturated rings. The van der Waals surface area contributed by atoms with Gasteiger partial charge in [-0.1, -0.05) is 37.8 Å². The van der Waals surface area contributed by atoms with E-state index in [1.807, 2.05) is 0 Å². The molecule has 0 heterocycles. The highest BCUT2D eigenvalue weighted by atomic mass is 16.3. The van der Waals surface area contributed by atoms with Gasteiger partial charge < -0.3 is 5.11 Å². The normalized spacial score (nSPS) is 29.6. The minimum absolute atomic E-state index is 0.112. The number of rotatable bonds is 2. The molecule has 0 radical (unpaired) electrons. The molecular weight excluding hydrogens is 172 g/mol. The lowest BCUT2D eigenvalue weighted by Crippen LogP contribution is -2.22. The number of aliphatic hydroxyl groups excluding tert-OH is 1. The first-order valence-electron chi connectivity index (χ1n) is 6.12. The molecule has 1 aliphatic carbocycles. The lowest BCUT2D eigenvalue weighted by Gasteiger charge is -2.27. The highest BCUT2D eigenvalue weighted by molar-refractivity contribution is 5.08. The van der Waals surface area contributed by atoms with Crippen molar-refractivity contribution in [1.82, 2.24) is 0 Å². The van der Waals surface area contributed by atoms with Crippen molar-refractivity contribution >= 4 is 0 Å². The monoisotopic (exact) mass is 196 g/mol. The molecular formula is C13H24O. The highest BCUT2D eigenvalue weighted by Crippen LogP contribution is 2.30. The average Bonchev–Trinajstić information content (AvgIpc) is 2.17. The Labute approximate surface area is 88.2 Å². The van der Waals surface area contributed by atoms with Crippen LogP contribution in [0, 0.1) is 5.92 Å². The van der Waals surface area contributed by atoms with Gasteiger partial charge in [0.2, 0.25) is 0 Å². The van der Waals surface area contributed by atoms with Crippen LogP contribution in [-0.2, 0) is 0 Å². The van der Waals surface area contributed by atoms with Crippen LogP contribution < -0.4 is 0 Å². The molecule has 1 rings (SSSR count). The van der Waals surface area contributed by atoms with Gasteiger partial charge in [0.1, 0.15) is 0 Å². The highest BCUT2D eigenvalue weighted by Gasteiger charge is 2.21. The second-order valence-electron chi connectivity index (χ2n) is 4.40. The molecule has 1 heteroatoms. The van der Waals surface area contributed by atoms with Gasteiger partial charge in [-0.05, 0) is 32.6 Å². The van der Waals surface area contributed by atoms with Crippen LogP contribution in [0.3, 0.4) is 0 Å². The Morgan fingerprint density at radius 2 is 2.07 bits per heavy atom. The third-order valence-electron chi connectivity index (χ3n) is 3.46. The van der Waals surface area contributed by atoms with Gasteiger partial charge in [0.15, 0.2) is 0 Å². The molecule has 0 bridgehead atoms. The molecule has 0 amide bonds. The zero-order valence-corrected chi connectivity index (χ0v) is 9.63. The maximum absolute atomic E-state index is 9.96. The molecule has 1 N–H and O–H groups in total. The predicted octanol–water partition coefficient (Wildman–Crippen LogP) is 3.67. The minimum atomic E-state index is -0.112. The summed E-state index contributed by atoms with van der Waals surface area (Å²) in [5.41, 5.74) is 1.50. The van der Waals surface area contributed by atoms with E-state index in [9.17, 15) is 5.11 Å². The third kappa shape index (κ3) is 3.13. The topological polar surface area (TPSA) is 20.2 Å². The summed E-state index contributed by atoms with van der Waals surface area (Å²) in [6, 6.07) is 0. The first-order chi connectivity index (χ1) is 6.79. The summed E-state index contributed by atoms with van der Waals surface area (Å²) in [7, 11) is 0. The molecule has 0 aliphatic heterocycles. The Morgan fingerprint density at radius 3 is 2.71 bits per heavy atom. The molecule has 1 aliphatic rings. The molecule has 0 aromatic heterocycles. The summed E-state index contributed by atoms with van der Waals surface area (Å²) >= 11 is 0. The Hall–Kier alpha value is -0.300. The van der Waals surface area contributed by atoms with E-state index in [-0.39, 0.29) is 6.10 Å². The van der Waals surface area contributed by atoms with E-state index in [0.717, 1.165) is 6.42 Å². The van der Waals surface area contributed by atoms with Gasteiger partial charge >= 0.3 is 0 Å². The Kier molecular flexibility index (Phi) is 5.24. The molecule has 0 aromatic carbocycles. The Bertz CT molecular complexity index is 184. The fourth-order valence-electron chi connectivity index (χ4n) is 2.50. The fourth-order valence-corrected chi connectivity index (χ4v) is 2.50. The third-order valence-corrected chi connectivity index (χ3v) is 3.46. The summed E-state index contributed by atoms with van der Waals surface area (Å²) in [4.78, 5) is 0. The zero-order chi connectivity index (χ0) is 10.4. The van der Waals surface area contributed by atoms with Crippen LogP contribution in [-0.4, -0.2) is 11.2 Å². The van der Waals surface area contributed by atoms with Crippen molar-refractivity contribution in [3.05, 3.63) is 11.6 Å². The second-order valence-corrected chi connectivity index (χ2v) is 4.40. The number of aliphatic hydroxyl groups is 1. The summed E-state index contributed by atoms with van der Waals surface area (Å²) < 4.78 is 0. The smallest absolute Gasteiger partial charge is 0.0602 e. The Morgan fingerprint density at radius 1 is 1.36 bits per heavy atom. The fraction of sp³-hybridized carbons (Fsp3) is 0.846. The summed E-state index contributed by atoms with van der Waals surface area (Å²) in [5.74, 6) is 0.449. The average molecular weight is 196 g/mol. The van der Waals surface area contributed by atoms with Crippen molar-refractivity contribution < 1.29 is 5.11 Å². The van der Waals surface area contributed by atoms with Gasteiger partial charge in [-0.15, -0.1) is 0 Å². The summed E-state index contributed by atoms with van der Waals surface area (Å²) in [5, 5.41) is 9.96. The first-order valence-corrected chi connectivity index (χ1v) is 6.12. The van der Waals surface area contributed by atoms with Crippen LogP contribution in [0.15, 0.2) is 11.6 Å². The number of allylic oxidation sites excluding steroid dienone is 1. The van der Waals surface area contributed by atoms with E-state index < -0.39 is 0 Å². The van der Waals surface area contributed by atoms with Crippen molar-refractivity contribution in [3.8, 4) is 0 Å². The van der Waals surface area contributed by atoms with Gasteiger partial charge in [-0.25, -0.2) is 0 Å². The van der Waals surface area contributed by atoms with E-state index >= 15 is 0 Å². The molecule has 2 atom stereocenters. The Balaban J connectivity index is 2.63. The second kappa shape index (κ2) is 6.23. The molecule has 14 heavy (non-hydrogen) atoms. The molecule has 0 unspecified atom stereocenters. The largest absolute Gasteiger partial charge is 0.393 e. The van der Waals surface area contributed by atoms with Crippen LogP contribution in [0.1, 0.15) is 58.8 Å². The molecule has 0 saturated heterocycles. The van der Waals surface area contributed by atoms with Crippen LogP contribution in [0.2, 0.25) is 0 Å². The van der Waals surface area contributed by atoms with Crippen molar-refractivity contribution in [2.75, 3.05) is 0 Å². The molecule has 0 aromatic rings. The molecule has 1 nitrogen and oxygen atoms in total. The maximum atomic E-state index is 9.96. The van der Waals surface area contributed by atoms with Gasteiger partial charge in [-0.3, -0.25) is 0 Å². The van der Waals surface area contributed by atoms with Crippen molar-refractivity contribution in [2.24, 2.45) is 5.92 Å². The minimum Gasteiger partial charge on any atom is -0.393 e. The van der Waals surface area contributed by atoms with Crippen molar-refractivity contribution in [3.63, 3.8) is 0 Å². The van der Waals surface area contributed by atoms with Crippen LogP contribution in [0.5, 0.6) is 0 Å². The summed E-state index contributed by atoms with van der Waals surface area (Å²) in [6.07, 6.45) is 10.7. The number of hydrogen-bond acceptors (Lipinski definition) is 1. The molecule has 0 spiro atoms. The van der Waals surface area contributed by atoms with Crippen LogP contribution >= 0.6 is 0 Å². The van der Waals surface area contributed by atoms with E-state index in [1.54, 1.807) is 0 Å². The van der Waals surface area contributed by atoms with Crippen LogP contribution in [0.25, 0.3) is 0 Å². The zero-order valence-electron chi connectivity index (χ0n) is 9.63. The SMILES string of the molecule is C/C=C1/CCCCCC[C@@H]1[C@H](O)CC. The molecule has 82 valence electrons. The lowest BCUT2D eigenvalue weighted by molar-refractivity contribution is 0.111. The lowest BCUT2D eigenvalue weighted by atomic mass is 9.82. The standard InChI is InChI=1S/C13H24O/c1-3-11-9-7-5-6-8-10-12(11)13(14)4-2/h3,12-14H,4-10H2,1-2H3/b11-3-/t12-,13+/m0/s1. The van der Waals surface area contributed by atoms with Gasteiger partial charge in [0.25, 0.3) is 0 Å². The first kappa shape index (κ1) is 11.8. The van der Waals surface area contributed by atoms with Gasteiger partial charge in [0.05, 0.1) is 6.10 Å². The quantitative estimate of drug-likeness (QED) is 0.668. The predicted molar refractivity (Wildman–Crippen MR) is 61.2 cm³/mol. The van der Waals surface area contributed by atoms with E-state index in [1.165, 1.54) is 44.1 Å². The maximum Gasteiger partial charge on any atom is 0.0602 e. The van der Waals surface area contributed by atoms with E-state index in [0.29, 0.717) is 5.92 Å². The van der Waals surface area contributed by atoms with E-state index in [2.05, 4.69) is 19.9 Å².